The van der Waals surface area contributed by atoms with Crippen molar-refractivity contribution in [3.05, 3.63) is 23.8 Å². The lowest BCUT2D eigenvalue weighted by Crippen LogP contribution is -2.18. The number of amides is 1. The normalized spacial score (nSPS) is 10.8. The summed E-state index contributed by atoms with van der Waals surface area (Å²) in [6, 6.07) is 0.144. The monoisotopic (exact) mass is 288 g/mol. The van der Waals surface area contributed by atoms with Gasteiger partial charge in [0.15, 0.2) is 0 Å². The Labute approximate surface area is 118 Å². The van der Waals surface area contributed by atoms with Gasteiger partial charge in [0.1, 0.15) is 6.33 Å². The molecule has 108 valence electrons. The number of hydrogen-bond donors (Lipinski definition) is 2. The van der Waals surface area contributed by atoms with Gasteiger partial charge >= 0.3 is 6.01 Å². The van der Waals surface area contributed by atoms with Crippen molar-refractivity contribution in [1.29, 1.82) is 0 Å². The van der Waals surface area contributed by atoms with Crippen LogP contribution in [-0.4, -0.2) is 47.8 Å². The van der Waals surface area contributed by atoms with Crippen molar-refractivity contribution in [3.63, 3.8) is 0 Å². The number of rotatable bonds is 4. The summed E-state index contributed by atoms with van der Waals surface area (Å²) in [5.74, 6) is 0.276. The third-order valence-corrected chi connectivity index (χ3v) is 2.86. The quantitative estimate of drug-likeness (QED) is 0.696. The van der Waals surface area contributed by atoms with Gasteiger partial charge in [-0.1, -0.05) is 6.92 Å². The van der Waals surface area contributed by atoms with E-state index in [9.17, 15) is 4.79 Å². The summed E-state index contributed by atoms with van der Waals surface area (Å²) in [5, 5.41) is 13.0. The molecule has 21 heavy (non-hydrogen) atoms. The SMILES string of the molecule is CCc1c(C(=O)Nc2nc(OC)n[nH]2)cnc2ncnn12. The average Bonchev–Trinajstić information content (AvgIpc) is 3.14. The van der Waals surface area contributed by atoms with E-state index in [0.29, 0.717) is 23.5 Å². The van der Waals surface area contributed by atoms with E-state index in [1.807, 2.05) is 6.92 Å². The maximum absolute atomic E-state index is 12.3. The van der Waals surface area contributed by atoms with Gasteiger partial charge in [0.25, 0.3) is 11.7 Å². The zero-order valence-corrected chi connectivity index (χ0v) is 11.4. The second-order valence-electron chi connectivity index (χ2n) is 4.07. The van der Waals surface area contributed by atoms with Crippen molar-refractivity contribution in [2.24, 2.45) is 0 Å². The Morgan fingerprint density at radius 3 is 3.05 bits per heavy atom. The van der Waals surface area contributed by atoms with Crippen molar-refractivity contribution >= 4 is 17.6 Å². The molecule has 0 aliphatic rings. The summed E-state index contributed by atoms with van der Waals surface area (Å²) in [4.78, 5) is 24.3. The number of nitrogens with zero attached hydrogens (tertiary/aromatic N) is 6. The van der Waals surface area contributed by atoms with Crippen LogP contribution < -0.4 is 10.1 Å². The second kappa shape index (κ2) is 5.15. The van der Waals surface area contributed by atoms with Crippen molar-refractivity contribution in [3.8, 4) is 6.01 Å². The van der Waals surface area contributed by atoms with Gasteiger partial charge in [0, 0.05) is 6.20 Å². The summed E-state index contributed by atoms with van der Waals surface area (Å²) in [5.41, 5.74) is 1.10. The number of fused-ring (bicyclic) bond motifs is 1. The minimum atomic E-state index is -0.365. The fourth-order valence-electron chi connectivity index (χ4n) is 1.92. The molecule has 3 aromatic heterocycles. The first-order chi connectivity index (χ1) is 10.2. The van der Waals surface area contributed by atoms with Crippen molar-refractivity contribution in [2.45, 2.75) is 13.3 Å². The lowest BCUT2D eigenvalue weighted by molar-refractivity contribution is 0.102. The molecule has 0 aromatic carbocycles. The van der Waals surface area contributed by atoms with Crippen LogP contribution in [0.15, 0.2) is 12.5 Å². The summed E-state index contributed by atoms with van der Waals surface area (Å²) >= 11 is 0. The Morgan fingerprint density at radius 2 is 2.33 bits per heavy atom. The Morgan fingerprint density at radius 1 is 1.48 bits per heavy atom. The van der Waals surface area contributed by atoms with E-state index in [1.165, 1.54) is 24.1 Å². The Hall–Kier alpha value is -3.04. The summed E-state index contributed by atoms with van der Waals surface area (Å²) in [6.07, 6.45) is 3.46. The Bertz CT molecular complexity index is 792. The molecule has 3 aromatic rings. The first-order valence-corrected chi connectivity index (χ1v) is 6.18. The lowest BCUT2D eigenvalue weighted by atomic mass is 10.2. The molecule has 0 unspecified atom stereocenters. The molecule has 10 nitrogen and oxygen atoms in total. The predicted octanol–water partition coefficient (Wildman–Crippen LogP) is 0.0657. The largest absolute Gasteiger partial charge is 0.466 e. The van der Waals surface area contributed by atoms with Gasteiger partial charge in [0.05, 0.1) is 18.4 Å². The third-order valence-electron chi connectivity index (χ3n) is 2.86. The van der Waals surface area contributed by atoms with Crippen LogP contribution in [0.5, 0.6) is 6.01 Å². The highest BCUT2D eigenvalue weighted by Gasteiger charge is 2.17. The number of carbonyl (C=O) groups is 1. The van der Waals surface area contributed by atoms with Crippen LogP contribution in [0.3, 0.4) is 0 Å². The topological polar surface area (TPSA) is 123 Å². The number of carbonyl (C=O) groups excluding carboxylic acids is 1. The number of hydrogen-bond acceptors (Lipinski definition) is 7. The number of aromatic amines is 1. The highest BCUT2D eigenvalue weighted by atomic mass is 16.5. The van der Waals surface area contributed by atoms with Crippen LogP contribution in [0.25, 0.3) is 5.78 Å². The Balaban J connectivity index is 1.93. The number of aryl methyl sites for hydroxylation is 1. The van der Waals surface area contributed by atoms with Crippen LogP contribution in [0.1, 0.15) is 23.0 Å². The van der Waals surface area contributed by atoms with E-state index in [4.69, 9.17) is 4.74 Å². The third kappa shape index (κ3) is 2.26. The molecule has 0 aliphatic heterocycles. The first-order valence-electron chi connectivity index (χ1n) is 6.18. The number of methoxy groups -OCH3 is 1. The molecule has 2 N–H and O–H groups in total. The highest BCUT2D eigenvalue weighted by molar-refractivity contribution is 6.04. The fourth-order valence-corrected chi connectivity index (χ4v) is 1.92. The predicted molar refractivity (Wildman–Crippen MR) is 71.0 cm³/mol. The van der Waals surface area contributed by atoms with E-state index in [1.54, 1.807) is 0 Å². The molecule has 1 amide bonds. The summed E-state index contributed by atoms with van der Waals surface area (Å²) < 4.78 is 6.37. The van der Waals surface area contributed by atoms with Crippen molar-refractivity contribution < 1.29 is 9.53 Å². The van der Waals surface area contributed by atoms with E-state index >= 15 is 0 Å². The lowest BCUT2D eigenvalue weighted by Gasteiger charge is -2.07. The van der Waals surface area contributed by atoms with Crippen molar-refractivity contribution in [2.75, 3.05) is 12.4 Å². The average molecular weight is 288 g/mol. The number of anilines is 1. The van der Waals surface area contributed by atoms with Gasteiger partial charge in [-0.15, -0.1) is 5.10 Å². The van der Waals surface area contributed by atoms with Gasteiger partial charge in [-0.05, 0) is 6.42 Å². The van der Waals surface area contributed by atoms with Crippen LogP contribution in [-0.2, 0) is 6.42 Å². The maximum Gasteiger partial charge on any atom is 0.336 e. The van der Waals surface area contributed by atoms with Crippen LogP contribution >= 0.6 is 0 Å². The maximum atomic E-state index is 12.3. The summed E-state index contributed by atoms with van der Waals surface area (Å²) in [7, 11) is 1.44. The number of ether oxygens (including phenoxy) is 1. The number of aromatic nitrogens is 7. The number of nitrogens with one attached hydrogen (secondary N) is 2. The molecule has 0 spiro atoms. The molecule has 0 radical (unpaired) electrons. The minimum Gasteiger partial charge on any atom is -0.466 e. The van der Waals surface area contributed by atoms with E-state index < -0.39 is 0 Å². The molecule has 0 saturated heterocycles. The molecule has 10 heteroatoms. The van der Waals surface area contributed by atoms with Gasteiger partial charge in [-0.2, -0.15) is 15.1 Å². The Kier molecular flexibility index (Phi) is 3.18. The highest BCUT2D eigenvalue weighted by Crippen LogP contribution is 2.12. The molecule has 0 fully saturated rings. The van der Waals surface area contributed by atoms with Crippen LogP contribution in [0.4, 0.5) is 5.95 Å². The molecule has 0 aliphatic carbocycles. The molecule has 0 atom stereocenters. The van der Waals surface area contributed by atoms with Gasteiger partial charge in [-0.25, -0.2) is 14.6 Å². The molecule has 3 heterocycles. The molecule has 0 saturated carbocycles. The van der Waals surface area contributed by atoms with Crippen molar-refractivity contribution in [1.82, 2.24) is 34.8 Å². The second-order valence-corrected chi connectivity index (χ2v) is 4.07. The zero-order chi connectivity index (χ0) is 14.8. The van der Waals surface area contributed by atoms with E-state index in [2.05, 4.69) is 35.6 Å². The van der Waals surface area contributed by atoms with Crippen LogP contribution in [0, 0.1) is 0 Å². The molecule has 3 rings (SSSR count). The van der Waals surface area contributed by atoms with E-state index in [0.717, 1.165) is 0 Å². The van der Waals surface area contributed by atoms with Crippen LogP contribution in [0.2, 0.25) is 0 Å². The molecule has 0 bridgehead atoms. The fraction of sp³-hybridized carbons (Fsp3) is 0.273. The molecular weight excluding hydrogens is 276 g/mol. The number of H-pyrrole nitrogens is 1. The standard InChI is InChI=1S/C11H12N8O2/c1-3-7-6(4-12-10-13-5-14-19(7)10)8(20)15-9-16-11(21-2)18-17-9/h4-5H,3H2,1-2H3,(H2,15,16,17,18,20). The first kappa shape index (κ1) is 13.0. The van der Waals surface area contributed by atoms with Gasteiger partial charge in [-0.3, -0.25) is 10.1 Å². The molecular formula is C11H12N8O2. The van der Waals surface area contributed by atoms with Gasteiger partial charge < -0.3 is 4.74 Å². The summed E-state index contributed by atoms with van der Waals surface area (Å²) in [6.45, 7) is 1.92. The smallest absolute Gasteiger partial charge is 0.336 e. The van der Waals surface area contributed by atoms with E-state index in [-0.39, 0.29) is 17.9 Å². The minimum absolute atomic E-state index is 0.144. The zero-order valence-electron chi connectivity index (χ0n) is 11.4. The van der Waals surface area contributed by atoms with Gasteiger partial charge in [0.2, 0.25) is 5.95 Å².